The third-order valence-corrected chi connectivity index (χ3v) is 5.92. The first kappa shape index (κ1) is 21.0. The van der Waals surface area contributed by atoms with Crippen LogP contribution in [0.25, 0.3) is 10.8 Å². The monoisotopic (exact) mass is 411 g/mol. The van der Waals surface area contributed by atoms with Gasteiger partial charge < -0.3 is 5.11 Å². The Kier molecular flexibility index (Phi) is 6.03. The summed E-state index contributed by atoms with van der Waals surface area (Å²) in [5.74, 6) is 0.128. The van der Waals surface area contributed by atoms with Crippen molar-refractivity contribution in [1.82, 2.24) is 0 Å². The van der Waals surface area contributed by atoms with Crippen LogP contribution in [-0.4, -0.2) is 23.1 Å². The average molecular weight is 412 g/mol. The van der Waals surface area contributed by atoms with E-state index in [-0.39, 0.29) is 17.0 Å². The van der Waals surface area contributed by atoms with Crippen LogP contribution in [0.1, 0.15) is 37.8 Å². The summed E-state index contributed by atoms with van der Waals surface area (Å²) in [4.78, 5) is 17.9. The van der Waals surface area contributed by atoms with Gasteiger partial charge in [0.05, 0.1) is 5.57 Å². The number of hydrogen-bond acceptors (Lipinski definition) is 3. The Balaban J connectivity index is 1.65. The summed E-state index contributed by atoms with van der Waals surface area (Å²) >= 11 is 0. The van der Waals surface area contributed by atoms with Crippen LogP contribution in [0.3, 0.4) is 0 Å². The van der Waals surface area contributed by atoms with Gasteiger partial charge in [-0.1, -0.05) is 86.6 Å². The molecule has 0 saturated heterocycles. The number of carbonyl (C=O) groups is 1. The van der Waals surface area contributed by atoms with Crippen LogP contribution in [0.5, 0.6) is 0 Å². The van der Waals surface area contributed by atoms with Gasteiger partial charge in [-0.3, -0.25) is 9.79 Å². The molecule has 3 nitrogen and oxygen atoms in total. The fourth-order valence-electron chi connectivity index (χ4n) is 4.43. The predicted molar refractivity (Wildman–Crippen MR) is 128 cm³/mol. The number of Topliss-reactive ketones (excluding diaryl/α,β-unsaturated/α-hetero) is 1. The number of aliphatic hydroxyl groups excluding tert-OH is 1. The van der Waals surface area contributed by atoms with Gasteiger partial charge in [-0.25, -0.2) is 0 Å². The van der Waals surface area contributed by atoms with Crippen molar-refractivity contribution < 1.29 is 9.90 Å². The van der Waals surface area contributed by atoms with Gasteiger partial charge in [0.2, 0.25) is 0 Å². The van der Waals surface area contributed by atoms with E-state index in [1.54, 1.807) is 0 Å². The molecule has 0 unspecified atom stereocenters. The molecule has 0 atom stereocenters. The molecule has 1 saturated carbocycles. The van der Waals surface area contributed by atoms with E-state index in [0.717, 1.165) is 28.5 Å². The summed E-state index contributed by atoms with van der Waals surface area (Å²) in [6.07, 6.45) is 2.28. The average Bonchev–Trinajstić information content (AvgIpc) is 2.73. The van der Waals surface area contributed by atoms with Gasteiger partial charge in [0.15, 0.2) is 5.78 Å². The molecule has 4 rings (SSSR count). The van der Waals surface area contributed by atoms with Crippen molar-refractivity contribution in [2.45, 2.75) is 39.5 Å². The number of carbonyl (C=O) groups excluding carboxylic acids is 1. The van der Waals surface area contributed by atoms with Crippen LogP contribution < -0.4 is 0 Å². The highest BCUT2D eigenvalue weighted by Crippen LogP contribution is 2.36. The highest BCUT2D eigenvalue weighted by Gasteiger charge is 2.36. The molecule has 3 aromatic carbocycles. The number of aliphatic imine (C=N–C) groups is 1. The lowest BCUT2D eigenvalue weighted by molar-refractivity contribution is -0.117. The van der Waals surface area contributed by atoms with E-state index in [2.05, 4.69) is 44.2 Å². The maximum atomic E-state index is 13.1. The van der Waals surface area contributed by atoms with Gasteiger partial charge in [-0.05, 0) is 40.2 Å². The molecule has 1 fully saturated rings. The first-order valence-electron chi connectivity index (χ1n) is 10.9. The third kappa shape index (κ3) is 4.93. The SMILES string of the molecule is CC1(C)CC(=O)/C(=C(/O)Cc2cccc3ccccc23)C(=NCCc2ccccc2)C1. The maximum Gasteiger partial charge on any atom is 0.168 e. The fraction of sp³-hybridized carbons (Fsp3) is 0.286. The van der Waals surface area contributed by atoms with E-state index in [1.165, 1.54) is 5.56 Å². The molecule has 0 spiro atoms. The number of rotatable bonds is 5. The van der Waals surface area contributed by atoms with Crippen LogP contribution in [0.2, 0.25) is 0 Å². The number of allylic oxidation sites excluding steroid dienone is 2. The van der Waals surface area contributed by atoms with E-state index in [4.69, 9.17) is 4.99 Å². The number of nitrogens with zero attached hydrogens (tertiary/aromatic N) is 1. The number of hydrogen-bond donors (Lipinski definition) is 1. The van der Waals surface area contributed by atoms with Crippen molar-refractivity contribution in [2.24, 2.45) is 10.4 Å². The van der Waals surface area contributed by atoms with Crippen molar-refractivity contribution in [1.29, 1.82) is 0 Å². The first-order chi connectivity index (χ1) is 14.9. The largest absolute Gasteiger partial charge is 0.511 e. The van der Waals surface area contributed by atoms with Crippen molar-refractivity contribution in [3.8, 4) is 0 Å². The second-order valence-corrected chi connectivity index (χ2v) is 9.14. The zero-order chi connectivity index (χ0) is 21.8. The van der Waals surface area contributed by atoms with Crippen LogP contribution in [0, 0.1) is 5.41 Å². The van der Waals surface area contributed by atoms with Crippen molar-refractivity contribution in [2.75, 3.05) is 6.54 Å². The molecule has 0 amide bonds. The lowest BCUT2D eigenvalue weighted by Crippen LogP contribution is -2.33. The highest BCUT2D eigenvalue weighted by molar-refractivity contribution is 6.24. The molecule has 0 radical (unpaired) electrons. The van der Waals surface area contributed by atoms with E-state index in [0.29, 0.717) is 31.4 Å². The quantitative estimate of drug-likeness (QED) is 0.397. The smallest absolute Gasteiger partial charge is 0.168 e. The van der Waals surface area contributed by atoms with E-state index >= 15 is 0 Å². The van der Waals surface area contributed by atoms with E-state index < -0.39 is 0 Å². The van der Waals surface area contributed by atoms with Gasteiger partial charge in [-0.15, -0.1) is 0 Å². The minimum Gasteiger partial charge on any atom is -0.511 e. The zero-order valence-corrected chi connectivity index (χ0v) is 18.3. The van der Waals surface area contributed by atoms with Gasteiger partial charge >= 0.3 is 0 Å². The number of aliphatic hydroxyl groups is 1. The van der Waals surface area contributed by atoms with Crippen LogP contribution >= 0.6 is 0 Å². The second-order valence-electron chi connectivity index (χ2n) is 9.14. The number of benzene rings is 3. The number of ketones is 1. The summed E-state index contributed by atoms with van der Waals surface area (Å²) in [7, 11) is 0. The highest BCUT2D eigenvalue weighted by atomic mass is 16.3. The molecular formula is C28H29NO2. The van der Waals surface area contributed by atoms with Crippen molar-refractivity contribution in [3.05, 3.63) is 95.3 Å². The van der Waals surface area contributed by atoms with Crippen molar-refractivity contribution >= 4 is 22.3 Å². The molecule has 1 N–H and O–H groups in total. The molecule has 0 aliphatic heterocycles. The molecule has 0 aromatic heterocycles. The van der Waals surface area contributed by atoms with Crippen molar-refractivity contribution in [3.63, 3.8) is 0 Å². The molecule has 1 aliphatic carbocycles. The number of fused-ring (bicyclic) bond motifs is 1. The molecule has 31 heavy (non-hydrogen) atoms. The molecule has 1 aliphatic rings. The fourth-order valence-corrected chi connectivity index (χ4v) is 4.43. The predicted octanol–water partition coefficient (Wildman–Crippen LogP) is 6.27. The normalized spacial score (nSPS) is 19.0. The summed E-state index contributed by atoms with van der Waals surface area (Å²) in [6.45, 7) is 4.79. The Morgan fingerprint density at radius 1 is 0.935 bits per heavy atom. The van der Waals surface area contributed by atoms with E-state index in [9.17, 15) is 9.90 Å². The topological polar surface area (TPSA) is 49.7 Å². The van der Waals surface area contributed by atoms with Gasteiger partial charge in [0.1, 0.15) is 5.76 Å². The Morgan fingerprint density at radius 2 is 1.65 bits per heavy atom. The molecule has 0 heterocycles. The van der Waals surface area contributed by atoms with Crippen LogP contribution in [0.4, 0.5) is 0 Å². The lowest BCUT2D eigenvalue weighted by atomic mass is 9.73. The zero-order valence-electron chi connectivity index (χ0n) is 18.3. The summed E-state index contributed by atoms with van der Waals surface area (Å²) in [5, 5.41) is 13.3. The minimum atomic E-state index is -0.147. The Hall–Kier alpha value is -3.20. The van der Waals surface area contributed by atoms with Gasteiger partial charge in [0.25, 0.3) is 0 Å². The second kappa shape index (κ2) is 8.89. The van der Waals surface area contributed by atoms with Crippen LogP contribution in [-0.2, 0) is 17.6 Å². The molecule has 3 aromatic rings. The Labute approximate surface area is 184 Å². The minimum absolute atomic E-state index is 0.00699. The Morgan fingerprint density at radius 3 is 2.45 bits per heavy atom. The summed E-state index contributed by atoms with van der Waals surface area (Å²) in [6, 6.07) is 24.4. The third-order valence-electron chi connectivity index (χ3n) is 5.92. The summed E-state index contributed by atoms with van der Waals surface area (Å²) in [5.41, 5.74) is 3.27. The molecule has 0 bridgehead atoms. The van der Waals surface area contributed by atoms with Crippen LogP contribution in [0.15, 0.2) is 89.1 Å². The maximum absolute atomic E-state index is 13.1. The summed E-state index contributed by atoms with van der Waals surface area (Å²) < 4.78 is 0. The van der Waals surface area contributed by atoms with Gasteiger partial charge in [0, 0.05) is 25.1 Å². The Bertz CT molecular complexity index is 1150. The molecule has 3 heteroatoms. The van der Waals surface area contributed by atoms with Gasteiger partial charge in [-0.2, -0.15) is 0 Å². The van der Waals surface area contributed by atoms with E-state index in [1.807, 2.05) is 42.5 Å². The first-order valence-corrected chi connectivity index (χ1v) is 10.9. The molecule has 158 valence electrons. The standard InChI is InChI=1S/C28H29NO2/c1-28(2)18-24(29-16-15-20-9-4-3-5-10-20)27(26(31)19-28)25(30)17-22-13-8-12-21-11-6-7-14-23(21)22/h3-14,30H,15-19H2,1-2H3/b27-25+,29-24?. The molecular weight excluding hydrogens is 382 g/mol. The lowest BCUT2D eigenvalue weighted by Gasteiger charge is -2.31.